The van der Waals surface area contributed by atoms with Crippen LogP contribution in [0.2, 0.25) is 0 Å². The van der Waals surface area contributed by atoms with Crippen molar-refractivity contribution in [1.29, 1.82) is 0 Å². The minimum Gasteiger partial charge on any atom is -0.475 e. The Bertz CT molecular complexity index is 797. The number of ether oxygens (including phenoxy) is 2. The van der Waals surface area contributed by atoms with Crippen LogP contribution in [0.25, 0.3) is 0 Å². The molecule has 3 rings (SSSR count). The first-order valence-corrected chi connectivity index (χ1v) is 10.3. The maximum atomic E-state index is 12.5. The van der Waals surface area contributed by atoms with Crippen molar-refractivity contribution in [1.82, 2.24) is 15.2 Å². The van der Waals surface area contributed by atoms with E-state index >= 15 is 0 Å². The summed E-state index contributed by atoms with van der Waals surface area (Å²) >= 11 is 0. The number of hydrogen-bond acceptors (Lipinski definition) is 5. The number of rotatable bonds is 7. The first-order valence-electron chi connectivity index (χ1n) is 10.3. The minimum atomic E-state index is -0.142. The second kappa shape index (κ2) is 9.85. The van der Waals surface area contributed by atoms with E-state index in [-0.39, 0.29) is 24.2 Å². The van der Waals surface area contributed by atoms with Gasteiger partial charge in [0.15, 0.2) is 0 Å². The smallest absolute Gasteiger partial charge is 0.253 e. The molecule has 2 atom stereocenters. The molecule has 1 fully saturated rings. The molecule has 1 amide bonds. The molecule has 2 heterocycles. The molecular weight excluding hydrogens is 366 g/mol. The van der Waals surface area contributed by atoms with Crippen LogP contribution in [-0.2, 0) is 17.8 Å². The van der Waals surface area contributed by atoms with Gasteiger partial charge in [-0.25, -0.2) is 4.98 Å². The van der Waals surface area contributed by atoms with Gasteiger partial charge in [-0.2, -0.15) is 0 Å². The molecule has 2 aromatic rings. The van der Waals surface area contributed by atoms with Crippen LogP contribution in [0.15, 0.2) is 42.6 Å². The molecule has 29 heavy (non-hydrogen) atoms. The molecule has 1 saturated heterocycles. The molecule has 1 aromatic heterocycles. The van der Waals surface area contributed by atoms with Crippen molar-refractivity contribution in [2.75, 3.05) is 13.1 Å². The lowest BCUT2D eigenvalue weighted by molar-refractivity contribution is -0.0705. The van der Waals surface area contributed by atoms with Gasteiger partial charge < -0.3 is 14.8 Å². The van der Waals surface area contributed by atoms with Crippen LogP contribution in [0.1, 0.15) is 49.2 Å². The fourth-order valence-corrected chi connectivity index (χ4v) is 3.64. The normalized spacial score (nSPS) is 19.9. The van der Waals surface area contributed by atoms with Gasteiger partial charge in [0.2, 0.25) is 5.88 Å². The Labute approximate surface area is 173 Å². The van der Waals surface area contributed by atoms with Gasteiger partial charge in [0.05, 0.1) is 23.9 Å². The van der Waals surface area contributed by atoms with Crippen LogP contribution in [0.5, 0.6) is 5.88 Å². The molecule has 0 spiro atoms. The summed E-state index contributed by atoms with van der Waals surface area (Å²) in [5.74, 6) is 0.382. The minimum absolute atomic E-state index is 0.0520. The summed E-state index contributed by atoms with van der Waals surface area (Å²) in [6.07, 6.45) is 2.08. The van der Waals surface area contributed by atoms with E-state index in [1.54, 1.807) is 18.3 Å². The second-order valence-electron chi connectivity index (χ2n) is 7.95. The largest absolute Gasteiger partial charge is 0.475 e. The number of carbonyl (C=O) groups excluding carboxylic acids is 1. The zero-order chi connectivity index (χ0) is 20.8. The Morgan fingerprint density at radius 2 is 1.86 bits per heavy atom. The number of benzene rings is 1. The predicted molar refractivity (Wildman–Crippen MR) is 113 cm³/mol. The Balaban J connectivity index is 1.60. The van der Waals surface area contributed by atoms with E-state index in [4.69, 9.17) is 9.47 Å². The molecule has 1 N–H and O–H groups in total. The van der Waals surface area contributed by atoms with Crippen LogP contribution in [0.4, 0.5) is 0 Å². The molecule has 0 radical (unpaired) electrons. The number of pyridine rings is 1. The third-order valence-electron chi connectivity index (χ3n) is 4.80. The molecule has 156 valence electrons. The summed E-state index contributed by atoms with van der Waals surface area (Å²) in [4.78, 5) is 19.1. The number of hydrogen-bond donors (Lipinski definition) is 1. The predicted octanol–water partition coefficient (Wildman–Crippen LogP) is 3.41. The van der Waals surface area contributed by atoms with Crippen LogP contribution in [0.3, 0.4) is 0 Å². The SMILES string of the molecule is CC(C)Oc1ccc(C(=O)NCc2ccccc2CN2CC(C)OC(C)C2)cn1. The zero-order valence-corrected chi connectivity index (χ0v) is 17.7. The van der Waals surface area contributed by atoms with Crippen molar-refractivity contribution in [3.8, 4) is 5.88 Å². The standard InChI is InChI=1S/C23H31N3O3/c1-16(2)28-22-10-9-20(12-24-22)23(27)25-11-19-7-5-6-8-21(19)15-26-13-17(3)29-18(4)14-26/h5-10,12,16-18H,11,13-15H2,1-4H3,(H,25,27). The number of carbonyl (C=O) groups is 1. The van der Waals surface area contributed by atoms with Gasteiger partial charge in [0, 0.05) is 38.4 Å². The van der Waals surface area contributed by atoms with Gasteiger partial charge in [-0.15, -0.1) is 0 Å². The maximum Gasteiger partial charge on any atom is 0.253 e. The van der Waals surface area contributed by atoms with Gasteiger partial charge in [-0.1, -0.05) is 24.3 Å². The maximum absolute atomic E-state index is 12.5. The second-order valence-corrected chi connectivity index (χ2v) is 7.95. The van der Waals surface area contributed by atoms with Gasteiger partial charge in [0.1, 0.15) is 0 Å². The summed E-state index contributed by atoms with van der Waals surface area (Å²) in [6, 6.07) is 11.7. The van der Waals surface area contributed by atoms with Gasteiger partial charge in [-0.3, -0.25) is 9.69 Å². The van der Waals surface area contributed by atoms with E-state index in [1.807, 2.05) is 26.0 Å². The molecule has 1 aromatic carbocycles. The lowest BCUT2D eigenvalue weighted by Crippen LogP contribution is -2.45. The number of aromatic nitrogens is 1. The number of nitrogens with one attached hydrogen (secondary N) is 1. The third kappa shape index (κ3) is 6.27. The first-order chi connectivity index (χ1) is 13.9. The molecule has 6 heteroatoms. The van der Waals surface area contributed by atoms with Crippen LogP contribution < -0.4 is 10.1 Å². The highest BCUT2D eigenvalue weighted by Crippen LogP contribution is 2.17. The summed E-state index contributed by atoms with van der Waals surface area (Å²) in [6.45, 7) is 11.3. The average molecular weight is 398 g/mol. The summed E-state index contributed by atoms with van der Waals surface area (Å²) in [7, 11) is 0. The first kappa shape index (κ1) is 21.3. The van der Waals surface area contributed by atoms with Crippen molar-refractivity contribution in [3.63, 3.8) is 0 Å². The van der Waals surface area contributed by atoms with Crippen molar-refractivity contribution < 1.29 is 14.3 Å². The summed E-state index contributed by atoms with van der Waals surface area (Å²) in [5.41, 5.74) is 2.88. The quantitative estimate of drug-likeness (QED) is 0.776. The van der Waals surface area contributed by atoms with Crippen LogP contribution in [0, 0.1) is 0 Å². The lowest BCUT2D eigenvalue weighted by atomic mass is 10.1. The fourth-order valence-electron chi connectivity index (χ4n) is 3.64. The third-order valence-corrected chi connectivity index (χ3v) is 4.80. The van der Waals surface area contributed by atoms with Gasteiger partial charge in [0.25, 0.3) is 5.91 Å². The van der Waals surface area contributed by atoms with E-state index in [0.29, 0.717) is 18.0 Å². The van der Waals surface area contributed by atoms with Crippen molar-refractivity contribution in [2.45, 2.75) is 59.1 Å². The Hall–Kier alpha value is -2.44. The molecule has 6 nitrogen and oxygen atoms in total. The highest BCUT2D eigenvalue weighted by Gasteiger charge is 2.22. The van der Waals surface area contributed by atoms with E-state index in [1.165, 1.54) is 5.56 Å². The summed E-state index contributed by atoms with van der Waals surface area (Å²) < 4.78 is 11.4. The Morgan fingerprint density at radius 1 is 1.17 bits per heavy atom. The highest BCUT2D eigenvalue weighted by atomic mass is 16.5. The number of nitrogens with zero attached hydrogens (tertiary/aromatic N) is 2. The average Bonchev–Trinajstić information content (AvgIpc) is 2.66. The molecule has 2 unspecified atom stereocenters. The van der Waals surface area contributed by atoms with E-state index in [9.17, 15) is 4.79 Å². The monoisotopic (exact) mass is 397 g/mol. The zero-order valence-electron chi connectivity index (χ0n) is 17.7. The number of amides is 1. The van der Waals surface area contributed by atoms with Gasteiger partial charge in [-0.05, 0) is 44.9 Å². The van der Waals surface area contributed by atoms with Crippen molar-refractivity contribution >= 4 is 5.91 Å². The topological polar surface area (TPSA) is 63.7 Å². The Kier molecular flexibility index (Phi) is 7.23. The van der Waals surface area contributed by atoms with Crippen LogP contribution in [-0.4, -0.2) is 47.2 Å². The van der Waals surface area contributed by atoms with Crippen LogP contribution >= 0.6 is 0 Å². The molecular formula is C23H31N3O3. The Morgan fingerprint density at radius 3 is 2.48 bits per heavy atom. The van der Waals surface area contributed by atoms with Gasteiger partial charge >= 0.3 is 0 Å². The lowest BCUT2D eigenvalue weighted by Gasteiger charge is -2.35. The fraction of sp³-hybridized carbons (Fsp3) is 0.478. The molecule has 0 bridgehead atoms. The molecule has 1 aliphatic rings. The highest BCUT2D eigenvalue weighted by molar-refractivity contribution is 5.93. The molecule has 0 aliphatic carbocycles. The number of morpholine rings is 1. The van der Waals surface area contributed by atoms with E-state index in [0.717, 1.165) is 25.2 Å². The van der Waals surface area contributed by atoms with Crippen molar-refractivity contribution in [3.05, 3.63) is 59.3 Å². The van der Waals surface area contributed by atoms with E-state index in [2.05, 4.69) is 41.2 Å². The van der Waals surface area contributed by atoms with E-state index < -0.39 is 0 Å². The summed E-state index contributed by atoms with van der Waals surface area (Å²) in [5, 5.41) is 3.01. The molecule has 1 aliphatic heterocycles. The molecule has 0 saturated carbocycles. The van der Waals surface area contributed by atoms with Crippen molar-refractivity contribution in [2.24, 2.45) is 0 Å².